The molecule has 0 N–H and O–H groups in total. The molecule has 0 saturated heterocycles. The Morgan fingerprint density at radius 3 is 1.17 bits per heavy atom. The van der Waals surface area contributed by atoms with Gasteiger partial charge in [0, 0.05) is 0 Å². The Kier molecular flexibility index (Phi) is 33.5. The van der Waals surface area contributed by atoms with Crippen molar-refractivity contribution in [3.63, 3.8) is 0 Å². The Morgan fingerprint density at radius 1 is 0.458 bits per heavy atom. The molecular formula is C22H47LiMg. The van der Waals surface area contributed by atoms with Gasteiger partial charge in [-0.1, -0.05) is 52.4 Å². The molecule has 24 heavy (non-hydrogen) atoms. The van der Waals surface area contributed by atoms with E-state index in [9.17, 15) is 0 Å². The second-order valence-electron chi connectivity index (χ2n) is 7.66. The third-order valence-electron chi connectivity index (χ3n) is 4.91. The quantitative estimate of drug-likeness (QED) is 0.173. The zero-order chi connectivity index (χ0) is 18.1. The van der Waals surface area contributed by atoms with Gasteiger partial charge in [0.2, 0.25) is 0 Å². The molecule has 0 atom stereocenters. The SMILES string of the molecule is CCCC[CH2][Mg][CH2]CCCC.[Li][CH2]CCCCCCCCCCC. The Bertz CT molecular complexity index is 167. The van der Waals surface area contributed by atoms with E-state index in [1.807, 2.05) is 0 Å². The second-order valence-corrected chi connectivity index (χ2v) is 9.78. The van der Waals surface area contributed by atoms with E-state index in [0.29, 0.717) is 20.4 Å². The monoisotopic (exact) mass is 342 g/mol. The predicted molar refractivity (Wildman–Crippen MR) is 117 cm³/mol. The van der Waals surface area contributed by atoms with Crippen LogP contribution in [0.1, 0.15) is 124 Å². The molecule has 2 heteroatoms. The van der Waals surface area contributed by atoms with Crippen molar-refractivity contribution in [2.75, 3.05) is 0 Å². The standard InChI is InChI=1S/C12H25.2C5H11.Li.Mg/c1-3-5-7-9-11-12-10-8-6-4-2;2*1-3-5-4-2;;/h1,3-12H2,2H3;2*1,3-5H2,2H3;;. The van der Waals surface area contributed by atoms with Crippen LogP contribution in [0.25, 0.3) is 0 Å². The Labute approximate surface area is 175 Å². The zero-order valence-electron chi connectivity index (χ0n) is 18.1. The van der Waals surface area contributed by atoms with Crippen LogP contribution >= 0.6 is 0 Å². The van der Waals surface area contributed by atoms with Gasteiger partial charge in [-0.05, 0) is 0 Å². The van der Waals surface area contributed by atoms with Crippen LogP contribution in [0.3, 0.4) is 0 Å². The van der Waals surface area contributed by atoms with Crippen LogP contribution in [0.2, 0.25) is 14.2 Å². The van der Waals surface area contributed by atoms with E-state index in [1.165, 1.54) is 108 Å². The van der Waals surface area contributed by atoms with Gasteiger partial charge in [0.1, 0.15) is 0 Å². The van der Waals surface area contributed by atoms with Crippen molar-refractivity contribution >= 4 is 38.1 Å². The molecule has 0 aliphatic rings. The fourth-order valence-electron chi connectivity index (χ4n) is 3.12. The van der Waals surface area contributed by atoms with Gasteiger partial charge in [-0.3, -0.25) is 0 Å². The Balaban J connectivity index is 0. The van der Waals surface area contributed by atoms with Crippen molar-refractivity contribution in [1.82, 2.24) is 0 Å². The van der Waals surface area contributed by atoms with E-state index in [0.717, 1.165) is 0 Å². The zero-order valence-corrected chi connectivity index (χ0v) is 19.6. The van der Waals surface area contributed by atoms with Crippen LogP contribution in [-0.2, 0) is 0 Å². The van der Waals surface area contributed by atoms with Gasteiger partial charge in [-0.15, -0.1) is 9.10 Å². The van der Waals surface area contributed by atoms with E-state index >= 15 is 0 Å². The minimum atomic E-state index is 0.371. The molecule has 0 aromatic heterocycles. The van der Waals surface area contributed by atoms with Crippen LogP contribution in [-0.4, -0.2) is 38.1 Å². The van der Waals surface area contributed by atoms with Gasteiger partial charge in [0.15, 0.2) is 0 Å². The average Bonchev–Trinajstić information content (AvgIpc) is 2.60. The van der Waals surface area contributed by atoms with Gasteiger partial charge in [0.05, 0.1) is 0 Å². The van der Waals surface area contributed by atoms with Crippen molar-refractivity contribution in [2.45, 2.75) is 138 Å². The molecule has 0 bridgehead atoms. The molecule has 138 valence electrons. The number of unbranched alkanes of at least 4 members (excludes halogenated alkanes) is 13. The fourth-order valence-corrected chi connectivity index (χ4v) is 4.89. The first kappa shape index (κ1) is 27.6. The molecule has 0 saturated carbocycles. The summed E-state index contributed by atoms with van der Waals surface area (Å²) in [4.78, 5) is 0. The van der Waals surface area contributed by atoms with Crippen molar-refractivity contribution in [3.05, 3.63) is 0 Å². The van der Waals surface area contributed by atoms with Crippen molar-refractivity contribution < 1.29 is 0 Å². The second kappa shape index (κ2) is 29.1. The summed E-state index contributed by atoms with van der Waals surface area (Å²) in [5.41, 5.74) is 0. The molecule has 0 unspecified atom stereocenters. The molecule has 0 aromatic rings. The summed E-state index contributed by atoms with van der Waals surface area (Å²) in [6.45, 7) is 6.86. The van der Waals surface area contributed by atoms with Crippen molar-refractivity contribution in [2.24, 2.45) is 0 Å². The predicted octanol–water partition coefficient (Wildman–Crippen LogP) is 8.40. The van der Waals surface area contributed by atoms with Crippen molar-refractivity contribution in [3.8, 4) is 0 Å². The summed E-state index contributed by atoms with van der Waals surface area (Å²) in [5.74, 6) is 0. The first-order chi connectivity index (χ1) is 11.8. The maximum atomic E-state index is 2.29. The summed E-state index contributed by atoms with van der Waals surface area (Å²) >= 11 is 2.65. The van der Waals surface area contributed by atoms with E-state index in [2.05, 4.69) is 38.5 Å². The van der Waals surface area contributed by atoms with Crippen LogP contribution in [0.5, 0.6) is 0 Å². The number of hydrogen-bond donors (Lipinski definition) is 0. The summed E-state index contributed by atoms with van der Waals surface area (Å²) in [6.07, 6.45) is 23.3. The number of hydrogen-bond acceptors (Lipinski definition) is 0. The van der Waals surface area contributed by atoms with Crippen LogP contribution in [0, 0.1) is 0 Å². The first-order valence-corrected chi connectivity index (χ1v) is 13.8. The maximum absolute atomic E-state index is 2.29. The van der Waals surface area contributed by atoms with E-state index in [-0.39, 0.29) is 0 Å². The molecule has 0 aliphatic heterocycles. The molecule has 0 spiro atoms. The van der Waals surface area contributed by atoms with E-state index < -0.39 is 0 Å². The van der Waals surface area contributed by atoms with Gasteiger partial charge in [0.25, 0.3) is 0 Å². The summed E-state index contributed by atoms with van der Waals surface area (Å²) < 4.78 is 3.22. The van der Waals surface area contributed by atoms with Gasteiger partial charge in [-0.25, -0.2) is 0 Å². The normalized spacial score (nSPS) is 10.2. The molecule has 0 aromatic carbocycles. The minimum absolute atomic E-state index is 0.371. The van der Waals surface area contributed by atoms with E-state index in [1.54, 1.807) is 9.10 Å². The molecule has 0 fully saturated rings. The molecule has 0 rings (SSSR count). The number of rotatable bonds is 18. The average molecular weight is 343 g/mol. The van der Waals surface area contributed by atoms with Crippen LogP contribution in [0.15, 0.2) is 0 Å². The van der Waals surface area contributed by atoms with Gasteiger partial charge < -0.3 is 0 Å². The molecule has 0 aliphatic carbocycles. The molecule has 0 radical (unpaired) electrons. The Morgan fingerprint density at radius 2 is 0.792 bits per heavy atom. The van der Waals surface area contributed by atoms with Gasteiger partial charge >= 0.3 is 114 Å². The van der Waals surface area contributed by atoms with Gasteiger partial charge in [-0.2, -0.15) is 0 Å². The summed E-state index contributed by atoms with van der Waals surface area (Å²) in [6, 6.07) is 0. The molecule has 0 nitrogen and oxygen atoms in total. The summed E-state index contributed by atoms with van der Waals surface area (Å²) in [7, 11) is 0. The first-order valence-electron chi connectivity index (χ1n) is 11.8. The fraction of sp³-hybridized carbons (Fsp3) is 1.00. The molecule has 0 heterocycles. The molecule has 0 amide bonds. The summed E-state index contributed by atoms with van der Waals surface area (Å²) in [5, 5.41) is 1.37. The van der Waals surface area contributed by atoms with Crippen LogP contribution in [0.4, 0.5) is 0 Å². The third-order valence-corrected chi connectivity index (χ3v) is 6.91. The van der Waals surface area contributed by atoms with Crippen molar-refractivity contribution in [1.29, 1.82) is 0 Å². The molecular weight excluding hydrogens is 295 g/mol. The Hall–Kier alpha value is 1.36. The third kappa shape index (κ3) is 31.2. The van der Waals surface area contributed by atoms with E-state index in [4.69, 9.17) is 0 Å². The van der Waals surface area contributed by atoms with Crippen LogP contribution < -0.4 is 0 Å². The topological polar surface area (TPSA) is 0 Å².